The van der Waals surface area contributed by atoms with E-state index in [9.17, 15) is 19.2 Å². The van der Waals surface area contributed by atoms with Crippen LogP contribution in [0.25, 0.3) is 0 Å². The second-order valence-corrected chi connectivity index (χ2v) is 8.64. The maximum Gasteiger partial charge on any atom is 0.364 e. The standard InChI is InChI=1S/C22H35N5O5S/c1-13(2)18(25-14(3)4)20(29)27-17(6-5-11-24-21(23)30)19(28)26-16-9-7-15(8-10-16)12-32-22(31)33/h7-10,13-14,17-18,25H,5-6,11-12H2,1-4H3,(H,26,28)(H,27,29)(H,31,33)(H3,23,24,30). The molecule has 0 spiro atoms. The molecule has 1 aromatic rings. The number of thiol groups is 1. The fourth-order valence-corrected chi connectivity index (χ4v) is 3.10. The maximum atomic E-state index is 13.0. The van der Waals surface area contributed by atoms with Crippen molar-refractivity contribution in [3.63, 3.8) is 0 Å². The number of carbonyl (C=O) groups is 4. The van der Waals surface area contributed by atoms with Gasteiger partial charge in [0.25, 0.3) is 0 Å². The summed E-state index contributed by atoms with van der Waals surface area (Å²) in [7, 11) is 0. The molecule has 0 saturated carbocycles. The highest BCUT2D eigenvalue weighted by Gasteiger charge is 2.27. The van der Waals surface area contributed by atoms with Gasteiger partial charge < -0.3 is 31.7 Å². The Labute approximate surface area is 200 Å². The Morgan fingerprint density at radius 1 is 1.03 bits per heavy atom. The van der Waals surface area contributed by atoms with Crippen molar-refractivity contribution in [2.24, 2.45) is 11.7 Å². The van der Waals surface area contributed by atoms with Crippen LogP contribution in [0.1, 0.15) is 46.1 Å². The molecule has 0 radical (unpaired) electrons. The third-order valence-corrected chi connectivity index (χ3v) is 4.78. The van der Waals surface area contributed by atoms with E-state index in [0.29, 0.717) is 18.5 Å². The lowest BCUT2D eigenvalue weighted by Gasteiger charge is -2.27. The van der Waals surface area contributed by atoms with Crippen molar-refractivity contribution in [3.05, 3.63) is 29.8 Å². The van der Waals surface area contributed by atoms with Gasteiger partial charge in [-0.05, 0) is 36.5 Å². The number of carbonyl (C=O) groups excluding carboxylic acids is 4. The first-order valence-corrected chi connectivity index (χ1v) is 11.3. The number of ether oxygens (including phenoxy) is 1. The first-order chi connectivity index (χ1) is 15.5. The summed E-state index contributed by atoms with van der Waals surface area (Å²) in [6, 6.07) is 4.93. The molecule has 0 aliphatic carbocycles. The molecule has 1 rings (SSSR count). The third-order valence-electron chi connectivity index (χ3n) is 4.65. The summed E-state index contributed by atoms with van der Waals surface area (Å²) in [5.41, 5.74) is 6.34. The molecular weight excluding hydrogens is 446 g/mol. The van der Waals surface area contributed by atoms with Crippen molar-refractivity contribution in [3.8, 4) is 0 Å². The summed E-state index contributed by atoms with van der Waals surface area (Å²) in [4.78, 5) is 47.6. The minimum atomic E-state index is -0.813. The number of amides is 4. The normalized spacial score (nSPS) is 12.7. The van der Waals surface area contributed by atoms with E-state index < -0.39 is 23.4 Å². The number of nitrogens with two attached hydrogens (primary N) is 1. The molecule has 10 nitrogen and oxygen atoms in total. The SMILES string of the molecule is CC(C)NC(C(=O)NC(CCCNC(N)=O)C(=O)Nc1ccc(COC(=O)S)cc1)C(C)C. The van der Waals surface area contributed by atoms with Gasteiger partial charge in [-0.25, -0.2) is 9.59 Å². The Hall–Kier alpha value is -2.79. The van der Waals surface area contributed by atoms with E-state index in [1.54, 1.807) is 24.3 Å². The zero-order chi connectivity index (χ0) is 25.0. The van der Waals surface area contributed by atoms with Crippen molar-refractivity contribution in [2.75, 3.05) is 11.9 Å². The van der Waals surface area contributed by atoms with Gasteiger partial charge in [0, 0.05) is 18.3 Å². The summed E-state index contributed by atoms with van der Waals surface area (Å²) in [5.74, 6) is -0.638. The topological polar surface area (TPSA) is 152 Å². The number of primary amides is 1. The molecule has 11 heteroatoms. The van der Waals surface area contributed by atoms with Crippen LogP contribution in [0, 0.1) is 5.92 Å². The summed E-state index contributed by atoms with van der Waals surface area (Å²) in [6.07, 6.45) is 0.750. The average molecular weight is 482 g/mol. The van der Waals surface area contributed by atoms with Gasteiger partial charge in [0.2, 0.25) is 11.8 Å². The van der Waals surface area contributed by atoms with Gasteiger partial charge in [-0.15, -0.1) is 0 Å². The van der Waals surface area contributed by atoms with Crippen LogP contribution in [0.2, 0.25) is 0 Å². The highest BCUT2D eigenvalue weighted by Crippen LogP contribution is 2.13. The zero-order valence-corrected chi connectivity index (χ0v) is 20.4. The number of nitrogens with one attached hydrogen (secondary N) is 4. The van der Waals surface area contributed by atoms with Gasteiger partial charge in [-0.1, -0.05) is 52.5 Å². The second-order valence-electron chi connectivity index (χ2n) is 8.28. The third kappa shape index (κ3) is 11.6. The molecule has 33 heavy (non-hydrogen) atoms. The molecule has 0 heterocycles. The van der Waals surface area contributed by atoms with Crippen LogP contribution in [0.4, 0.5) is 15.3 Å². The number of hydrogen-bond donors (Lipinski definition) is 6. The number of benzene rings is 1. The minimum Gasteiger partial charge on any atom is -0.453 e. The van der Waals surface area contributed by atoms with E-state index in [2.05, 4.69) is 33.9 Å². The van der Waals surface area contributed by atoms with Gasteiger partial charge in [0.15, 0.2) is 0 Å². The quantitative estimate of drug-likeness (QED) is 0.144. The summed E-state index contributed by atoms with van der Waals surface area (Å²) < 4.78 is 4.82. The molecular formula is C22H35N5O5S. The van der Waals surface area contributed by atoms with E-state index >= 15 is 0 Å². The highest BCUT2D eigenvalue weighted by molar-refractivity contribution is 7.96. The van der Waals surface area contributed by atoms with Gasteiger partial charge >= 0.3 is 11.3 Å². The van der Waals surface area contributed by atoms with E-state index in [-0.39, 0.29) is 36.9 Å². The number of anilines is 1. The monoisotopic (exact) mass is 481 g/mol. The Balaban J connectivity index is 2.86. The van der Waals surface area contributed by atoms with Crippen molar-refractivity contribution >= 4 is 41.5 Å². The van der Waals surface area contributed by atoms with Crippen LogP contribution in [-0.4, -0.2) is 47.8 Å². The fraction of sp³-hybridized carbons (Fsp3) is 0.545. The molecule has 0 aliphatic rings. The lowest BCUT2D eigenvalue weighted by molar-refractivity contribution is -0.129. The van der Waals surface area contributed by atoms with E-state index in [1.807, 2.05) is 27.7 Å². The lowest BCUT2D eigenvalue weighted by Crippen LogP contribution is -2.54. The molecule has 0 bridgehead atoms. The van der Waals surface area contributed by atoms with Crippen LogP contribution in [0.3, 0.4) is 0 Å². The molecule has 2 atom stereocenters. The molecule has 2 unspecified atom stereocenters. The molecule has 0 saturated heterocycles. The Bertz CT molecular complexity index is 801. The zero-order valence-electron chi connectivity index (χ0n) is 19.5. The Kier molecular flexibility index (Phi) is 12.3. The second kappa shape index (κ2) is 14.4. The summed E-state index contributed by atoms with van der Waals surface area (Å²) in [6.45, 7) is 8.11. The molecule has 1 aromatic carbocycles. The largest absolute Gasteiger partial charge is 0.453 e. The van der Waals surface area contributed by atoms with Crippen LogP contribution in [0.5, 0.6) is 0 Å². The predicted octanol–water partition coefficient (Wildman–Crippen LogP) is 2.15. The number of rotatable bonds is 13. The van der Waals surface area contributed by atoms with Gasteiger partial charge in [-0.2, -0.15) is 0 Å². The van der Waals surface area contributed by atoms with E-state index in [1.165, 1.54) is 0 Å². The Morgan fingerprint density at radius 2 is 1.67 bits per heavy atom. The molecule has 184 valence electrons. The van der Waals surface area contributed by atoms with Gasteiger partial charge in [-0.3, -0.25) is 9.59 Å². The van der Waals surface area contributed by atoms with Crippen molar-refractivity contribution in [2.45, 2.75) is 65.3 Å². The smallest absolute Gasteiger partial charge is 0.364 e. The van der Waals surface area contributed by atoms with Crippen LogP contribution >= 0.6 is 12.6 Å². The van der Waals surface area contributed by atoms with Crippen molar-refractivity contribution in [1.82, 2.24) is 16.0 Å². The van der Waals surface area contributed by atoms with Crippen molar-refractivity contribution in [1.29, 1.82) is 0 Å². The van der Waals surface area contributed by atoms with Crippen LogP contribution < -0.4 is 27.0 Å². The highest BCUT2D eigenvalue weighted by atomic mass is 32.1. The van der Waals surface area contributed by atoms with Gasteiger partial charge in [0.1, 0.15) is 12.6 Å². The first-order valence-electron chi connectivity index (χ1n) is 10.8. The maximum absolute atomic E-state index is 13.0. The lowest BCUT2D eigenvalue weighted by atomic mass is 10.0. The summed E-state index contributed by atoms with van der Waals surface area (Å²) in [5, 5.41) is 10.6. The van der Waals surface area contributed by atoms with Crippen LogP contribution in [-0.2, 0) is 20.9 Å². The Morgan fingerprint density at radius 3 is 2.18 bits per heavy atom. The van der Waals surface area contributed by atoms with Gasteiger partial charge in [0.05, 0.1) is 6.04 Å². The first kappa shape index (κ1) is 28.2. The average Bonchev–Trinajstić information content (AvgIpc) is 2.72. The van der Waals surface area contributed by atoms with E-state index in [0.717, 1.165) is 5.56 Å². The number of hydrogen-bond acceptors (Lipinski definition) is 6. The predicted molar refractivity (Wildman–Crippen MR) is 130 cm³/mol. The number of urea groups is 1. The van der Waals surface area contributed by atoms with Crippen LogP contribution in [0.15, 0.2) is 24.3 Å². The summed E-state index contributed by atoms with van der Waals surface area (Å²) >= 11 is 3.55. The molecule has 0 aromatic heterocycles. The minimum absolute atomic E-state index is 0.0199. The molecule has 4 amide bonds. The molecule has 6 N–H and O–H groups in total. The van der Waals surface area contributed by atoms with E-state index in [4.69, 9.17) is 10.5 Å². The molecule has 0 aliphatic heterocycles. The van der Waals surface area contributed by atoms with Crippen molar-refractivity contribution < 1.29 is 23.9 Å². The molecule has 0 fully saturated rings. The fourth-order valence-electron chi connectivity index (χ4n) is 3.04.